The molecule has 0 radical (unpaired) electrons. The number of ether oxygens (including phenoxy) is 2. The van der Waals surface area contributed by atoms with Crippen molar-refractivity contribution in [3.8, 4) is 11.5 Å². The third-order valence-corrected chi connectivity index (χ3v) is 4.43. The van der Waals surface area contributed by atoms with Crippen LogP contribution in [0.3, 0.4) is 0 Å². The highest BCUT2D eigenvalue weighted by molar-refractivity contribution is 7.99. The molecule has 1 heterocycles. The van der Waals surface area contributed by atoms with E-state index in [9.17, 15) is 4.79 Å². The molecule has 7 nitrogen and oxygen atoms in total. The number of carbonyl (C=O) groups is 1. The summed E-state index contributed by atoms with van der Waals surface area (Å²) >= 11 is 1.61. The SMILES string of the molecule is CCSc1nnc([C@H](C)NC(=O)c2ccc(OC)c(OC)c2)n1C. The summed E-state index contributed by atoms with van der Waals surface area (Å²) in [6.45, 7) is 3.93. The molecule has 0 bridgehead atoms. The van der Waals surface area contributed by atoms with Crippen LogP contribution in [0.15, 0.2) is 23.4 Å². The number of aromatic nitrogens is 3. The van der Waals surface area contributed by atoms with Crippen LogP contribution in [0, 0.1) is 0 Å². The number of rotatable bonds is 7. The number of amides is 1. The lowest BCUT2D eigenvalue weighted by Gasteiger charge is -2.14. The van der Waals surface area contributed by atoms with Crippen LogP contribution in [0.5, 0.6) is 11.5 Å². The molecule has 0 spiro atoms. The summed E-state index contributed by atoms with van der Waals surface area (Å²) in [5, 5.41) is 12.1. The van der Waals surface area contributed by atoms with E-state index in [2.05, 4.69) is 22.4 Å². The van der Waals surface area contributed by atoms with Crippen LogP contribution >= 0.6 is 11.8 Å². The molecule has 2 aromatic rings. The summed E-state index contributed by atoms with van der Waals surface area (Å²) in [4.78, 5) is 12.5. The molecule has 0 saturated carbocycles. The van der Waals surface area contributed by atoms with Gasteiger partial charge in [-0.15, -0.1) is 10.2 Å². The highest BCUT2D eigenvalue weighted by atomic mass is 32.2. The Labute approximate surface area is 145 Å². The Morgan fingerprint density at radius 1 is 1.29 bits per heavy atom. The minimum Gasteiger partial charge on any atom is -0.493 e. The molecule has 0 aliphatic carbocycles. The minimum absolute atomic E-state index is 0.212. The van der Waals surface area contributed by atoms with Gasteiger partial charge in [-0.3, -0.25) is 4.79 Å². The first-order chi connectivity index (χ1) is 11.5. The van der Waals surface area contributed by atoms with E-state index in [1.54, 1.807) is 37.1 Å². The zero-order chi connectivity index (χ0) is 17.7. The van der Waals surface area contributed by atoms with Crippen molar-refractivity contribution in [2.45, 2.75) is 25.0 Å². The second kappa shape index (κ2) is 8.05. The monoisotopic (exact) mass is 350 g/mol. The lowest BCUT2D eigenvalue weighted by Crippen LogP contribution is -2.28. The van der Waals surface area contributed by atoms with E-state index in [1.807, 2.05) is 18.5 Å². The zero-order valence-corrected chi connectivity index (χ0v) is 15.3. The first-order valence-corrected chi connectivity index (χ1v) is 8.55. The molecule has 1 atom stereocenters. The molecular weight excluding hydrogens is 328 g/mol. The lowest BCUT2D eigenvalue weighted by molar-refractivity contribution is 0.0937. The normalized spacial score (nSPS) is 11.9. The second-order valence-corrected chi connectivity index (χ2v) is 6.33. The molecule has 1 amide bonds. The van der Waals surface area contributed by atoms with Gasteiger partial charge in [0.05, 0.1) is 20.3 Å². The molecule has 0 unspecified atom stereocenters. The maximum atomic E-state index is 12.5. The van der Waals surface area contributed by atoms with Crippen LogP contribution in [-0.4, -0.2) is 40.6 Å². The second-order valence-electron chi connectivity index (χ2n) is 5.10. The van der Waals surface area contributed by atoms with Crippen molar-refractivity contribution in [2.24, 2.45) is 7.05 Å². The Bertz CT molecular complexity index is 717. The number of nitrogens with zero attached hydrogens (tertiary/aromatic N) is 3. The molecule has 24 heavy (non-hydrogen) atoms. The van der Waals surface area contributed by atoms with Crippen LogP contribution in [0.2, 0.25) is 0 Å². The Kier molecular flexibility index (Phi) is 6.08. The molecule has 8 heteroatoms. The molecule has 1 aromatic heterocycles. The van der Waals surface area contributed by atoms with Crippen LogP contribution in [0.25, 0.3) is 0 Å². The van der Waals surface area contributed by atoms with Crippen LogP contribution < -0.4 is 14.8 Å². The number of carbonyl (C=O) groups excluding carboxylic acids is 1. The van der Waals surface area contributed by atoms with E-state index in [0.29, 0.717) is 22.9 Å². The first kappa shape index (κ1) is 18.1. The first-order valence-electron chi connectivity index (χ1n) is 7.56. The lowest BCUT2D eigenvalue weighted by atomic mass is 10.1. The van der Waals surface area contributed by atoms with Crippen molar-refractivity contribution >= 4 is 17.7 Å². The average molecular weight is 350 g/mol. The number of hydrogen-bond acceptors (Lipinski definition) is 6. The van der Waals surface area contributed by atoms with Crippen LogP contribution in [-0.2, 0) is 7.05 Å². The van der Waals surface area contributed by atoms with E-state index in [-0.39, 0.29) is 11.9 Å². The number of nitrogens with one attached hydrogen (secondary N) is 1. The molecule has 0 aliphatic heterocycles. The van der Waals surface area contributed by atoms with E-state index < -0.39 is 0 Å². The van der Waals surface area contributed by atoms with Gasteiger partial charge in [0.1, 0.15) is 0 Å². The maximum absolute atomic E-state index is 12.5. The zero-order valence-electron chi connectivity index (χ0n) is 14.5. The van der Waals surface area contributed by atoms with Gasteiger partial charge in [0.25, 0.3) is 5.91 Å². The third kappa shape index (κ3) is 3.81. The van der Waals surface area contributed by atoms with Crippen LogP contribution in [0.1, 0.15) is 36.1 Å². The third-order valence-electron chi connectivity index (χ3n) is 3.52. The van der Waals surface area contributed by atoms with Crippen molar-refractivity contribution in [3.05, 3.63) is 29.6 Å². The fraction of sp³-hybridized carbons (Fsp3) is 0.438. The quantitative estimate of drug-likeness (QED) is 0.773. The molecule has 0 saturated heterocycles. The molecule has 2 rings (SSSR count). The highest BCUT2D eigenvalue weighted by Gasteiger charge is 2.19. The summed E-state index contributed by atoms with van der Waals surface area (Å²) in [6.07, 6.45) is 0. The Morgan fingerprint density at radius 2 is 2.00 bits per heavy atom. The van der Waals surface area contributed by atoms with Crippen molar-refractivity contribution in [1.82, 2.24) is 20.1 Å². The highest BCUT2D eigenvalue weighted by Crippen LogP contribution is 2.27. The van der Waals surface area contributed by atoms with Gasteiger partial charge >= 0.3 is 0 Å². The molecular formula is C16H22N4O3S. The largest absolute Gasteiger partial charge is 0.493 e. The van der Waals surface area contributed by atoms with Crippen molar-refractivity contribution in [2.75, 3.05) is 20.0 Å². The van der Waals surface area contributed by atoms with Gasteiger partial charge in [-0.1, -0.05) is 18.7 Å². The van der Waals surface area contributed by atoms with Crippen molar-refractivity contribution < 1.29 is 14.3 Å². The smallest absolute Gasteiger partial charge is 0.252 e. The van der Waals surface area contributed by atoms with Gasteiger partial charge in [-0.2, -0.15) is 0 Å². The molecule has 0 fully saturated rings. The number of methoxy groups -OCH3 is 2. The van der Waals surface area contributed by atoms with Gasteiger partial charge < -0.3 is 19.4 Å². The summed E-state index contributed by atoms with van der Waals surface area (Å²) in [5.74, 6) is 2.50. The molecule has 1 aromatic carbocycles. The van der Waals surface area contributed by atoms with Gasteiger partial charge in [0.15, 0.2) is 22.5 Å². The van der Waals surface area contributed by atoms with Gasteiger partial charge in [0.2, 0.25) is 0 Å². The Balaban J connectivity index is 2.14. The molecule has 0 aliphatic rings. The van der Waals surface area contributed by atoms with Gasteiger partial charge in [-0.25, -0.2) is 0 Å². The standard InChI is InChI=1S/C16H22N4O3S/c1-6-24-16-19-18-14(20(16)3)10(2)17-15(21)11-7-8-12(22-4)13(9-11)23-5/h7-10H,6H2,1-5H3,(H,17,21)/t10-/m0/s1. The average Bonchev–Trinajstić information content (AvgIpc) is 2.95. The fourth-order valence-corrected chi connectivity index (χ4v) is 2.92. The number of benzene rings is 1. The van der Waals surface area contributed by atoms with Gasteiger partial charge in [-0.05, 0) is 30.9 Å². The number of thioether (sulfide) groups is 1. The number of hydrogen-bond donors (Lipinski definition) is 1. The van der Waals surface area contributed by atoms with Crippen LogP contribution in [0.4, 0.5) is 0 Å². The minimum atomic E-state index is -0.269. The van der Waals surface area contributed by atoms with Crippen molar-refractivity contribution in [3.63, 3.8) is 0 Å². The van der Waals surface area contributed by atoms with E-state index in [4.69, 9.17) is 9.47 Å². The van der Waals surface area contributed by atoms with E-state index in [1.165, 1.54) is 7.11 Å². The van der Waals surface area contributed by atoms with Crippen molar-refractivity contribution in [1.29, 1.82) is 0 Å². The van der Waals surface area contributed by atoms with E-state index >= 15 is 0 Å². The summed E-state index contributed by atoms with van der Waals surface area (Å²) in [7, 11) is 4.99. The predicted molar refractivity (Wildman–Crippen MR) is 92.8 cm³/mol. The fourth-order valence-electron chi connectivity index (χ4n) is 2.28. The summed E-state index contributed by atoms with van der Waals surface area (Å²) < 4.78 is 12.3. The van der Waals surface area contributed by atoms with Gasteiger partial charge in [0, 0.05) is 12.6 Å². The van der Waals surface area contributed by atoms with E-state index in [0.717, 1.165) is 10.9 Å². The predicted octanol–water partition coefficient (Wildman–Crippen LogP) is 2.44. The molecule has 130 valence electrons. The maximum Gasteiger partial charge on any atom is 0.252 e. The summed E-state index contributed by atoms with van der Waals surface area (Å²) in [5.41, 5.74) is 0.491. The molecule has 1 N–H and O–H groups in total. The Morgan fingerprint density at radius 3 is 2.62 bits per heavy atom. The topological polar surface area (TPSA) is 78.3 Å². The Hall–Kier alpha value is -2.22. The summed E-state index contributed by atoms with van der Waals surface area (Å²) in [6, 6.07) is 4.78.